The normalized spacial score (nSPS) is 37.2. The minimum Gasteiger partial charge on any atom is -0.396 e. The van der Waals surface area contributed by atoms with Crippen molar-refractivity contribution in [2.75, 3.05) is 19.7 Å². The first kappa shape index (κ1) is 12.2. The number of rotatable bonds is 2. The Morgan fingerprint density at radius 1 is 1.33 bits per heavy atom. The highest BCUT2D eigenvalue weighted by Gasteiger charge is 2.42. The Morgan fingerprint density at radius 2 is 2.06 bits per heavy atom. The topological polar surface area (TPSA) is 40.5 Å². The van der Waals surface area contributed by atoms with Crippen LogP contribution in [0, 0.1) is 23.2 Å². The van der Waals surface area contributed by atoms with Gasteiger partial charge >= 0.3 is 0 Å². The monoisotopic (exact) mass is 249 g/mol. The predicted octanol–water partition coefficient (Wildman–Crippen LogP) is 1.82. The molecule has 0 aromatic heterocycles. The van der Waals surface area contributed by atoms with Crippen molar-refractivity contribution in [3.8, 4) is 0 Å². The van der Waals surface area contributed by atoms with Crippen LogP contribution in [0.15, 0.2) is 12.2 Å². The lowest BCUT2D eigenvalue weighted by Gasteiger charge is -2.39. The van der Waals surface area contributed by atoms with Crippen LogP contribution < -0.4 is 0 Å². The Bertz CT molecular complexity index is 369. The molecular formula is C15H23NO2. The second kappa shape index (κ2) is 4.37. The van der Waals surface area contributed by atoms with Crippen LogP contribution in [0.3, 0.4) is 0 Å². The van der Waals surface area contributed by atoms with E-state index in [2.05, 4.69) is 19.1 Å². The van der Waals surface area contributed by atoms with E-state index < -0.39 is 0 Å². The van der Waals surface area contributed by atoms with Crippen LogP contribution in [0.5, 0.6) is 0 Å². The molecule has 2 bridgehead atoms. The van der Waals surface area contributed by atoms with Gasteiger partial charge in [0.15, 0.2) is 0 Å². The van der Waals surface area contributed by atoms with Gasteiger partial charge < -0.3 is 10.0 Å². The molecule has 1 aliphatic heterocycles. The maximum atomic E-state index is 12.5. The van der Waals surface area contributed by atoms with Crippen LogP contribution in [-0.4, -0.2) is 35.6 Å². The quantitative estimate of drug-likeness (QED) is 0.758. The van der Waals surface area contributed by atoms with Crippen molar-refractivity contribution >= 4 is 5.91 Å². The van der Waals surface area contributed by atoms with Gasteiger partial charge in [0.25, 0.3) is 0 Å². The summed E-state index contributed by atoms with van der Waals surface area (Å²) in [6.45, 7) is 4.02. The summed E-state index contributed by atoms with van der Waals surface area (Å²) < 4.78 is 0. The largest absolute Gasteiger partial charge is 0.396 e. The Balaban J connectivity index is 1.60. The number of fused-ring (bicyclic) bond motifs is 2. The highest BCUT2D eigenvalue weighted by molar-refractivity contribution is 5.80. The number of carbonyl (C=O) groups excluding carboxylic acids is 1. The lowest BCUT2D eigenvalue weighted by Crippen LogP contribution is -2.46. The van der Waals surface area contributed by atoms with E-state index in [1.165, 1.54) is 6.42 Å². The molecule has 1 saturated heterocycles. The van der Waals surface area contributed by atoms with Gasteiger partial charge in [-0.1, -0.05) is 19.1 Å². The van der Waals surface area contributed by atoms with Gasteiger partial charge in [-0.3, -0.25) is 4.79 Å². The first-order chi connectivity index (χ1) is 8.61. The van der Waals surface area contributed by atoms with Crippen molar-refractivity contribution in [1.82, 2.24) is 4.90 Å². The number of allylic oxidation sites excluding steroid dienone is 2. The highest BCUT2D eigenvalue weighted by atomic mass is 16.3. The Hall–Kier alpha value is -0.830. The van der Waals surface area contributed by atoms with Gasteiger partial charge in [-0.25, -0.2) is 0 Å². The van der Waals surface area contributed by atoms with Crippen LogP contribution in [0.25, 0.3) is 0 Å². The molecule has 2 aliphatic carbocycles. The highest BCUT2D eigenvalue weighted by Crippen LogP contribution is 2.44. The first-order valence-electron chi connectivity index (χ1n) is 7.19. The lowest BCUT2D eigenvalue weighted by molar-refractivity contribution is -0.139. The number of amides is 1. The Kier molecular flexibility index (Phi) is 2.97. The molecule has 1 N–H and O–H groups in total. The molecule has 18 heavy (non-hydrogen) atoms. The number of hydrogen-bond donors (Lipinski definition) is 1. The summed E-state index contributed by atoms with van der Waals surface area (Å²) in [5.41, 5.74) is 0.0331. The van der Waals surface area contributed by atoms with Crippen molar-refractivity contribution < 1.29 is 9.90 Å². The van der Waals surface area contributed by atoms with Crippen LogP contribution >= 0.6 is 0 Å². The maximum Gasteiger partial charge on any atom is 0.226 e. The standard InChI is InChI=1S/C15H23NO2/c1-15(10-17)4-6-16(7-5-15)14(18)13-9-11-2-3-12(13)8-11/h2-3,11-13,17H,4-10H2,1H3. The summed E-state index contributed by atoms with van der Waals surface area (Å²) in [4.78, 5) is 14.6. The summed E-state index contributed by atoms with van der Waals surface area (Å²) in [6.07, 6.45) is 8.66. The number of nitrogens with zero attached hydrogens (tertiary/aromatic N) is 1. The van der Waals surface area contributed by atoms with Gasteiger partial charge in [0, 0.05) is 25.6 Å². The summed E-state index contributed by atoms with van der Waals surface area (Å²) in [6, 6.07) is 0. The summed E-state index contributed by atoms with van der Waals surface area (Å²) in [5.74, 6) is 1.79. The van der Waals surface area contributed by atoms with Crippen molar-refractivity contribution in [2.24, 2.45) is 23.2 Å². The molecule has 3 heteroatoms. The smallest absolute Gasteiger partial charge is 0.226 e. The summed E-state index contributed by atoms with van der Waals surface area (Å²) in [7, 11) is 0. The molecule has 0 aromatic carbocycles. The van der Waals surface area contributed by atoms with E-state index in [0.717, 1.165) is 32.4 Å². The summed E-state index contributed by atoms with van der Waals surface area (Å²) in [5, 5.41) is 9.36. The minimum atomic E-state index is 0.0331. The predicted molar refractivity (Wildman–Crippen MR) is 69.9 cm³/mol. The second-order valence-electron chi connectivity index (χ2n) is 6.68. The zero-order valence-corrected chi connectivity index (χ0v) is 11.1. The molecule has 3 nitrogen and oxygen atoms in total. The van der Waals surface area contributed by atoms with Gasteiger partial charge in [-0.05, 0) is 42.9 Å². The van der Waals surface area contributed by atoms with E-state index in [9.17, 15) is 9.90 Å². The molecule has 1 amide bonds. The van der Waals surface area contributed by atoms with E-state index in [0.29, 0.717) is 17.7 Å². The average Bonchev–Trinajstić information content (AvgIpc) is 3.01. The molecule has 3 rings (SSSR count). The average molecular weight is 249 g/mol. The van der Waals surface area contributed by atoms with Crippen molar-refractivity contribution in [3.05, 3.63) is 12.2 Å². The van der Waals surface area contributed by atoms with Crippen LogP contribution in [0.2, 0.25) is 0 Å². The van der Waals surface area contributed by atoms with Crippen LogP contribution in [0.1, 0.15) is 32.6 Å². The number of hydrogen-bond acceptors (Lipinski definition) is 2. The van der Waals surface area contributed by atoms with Gasteiger partial charge in [-0.2, -0.15) is 0 Å². The van der Waals surface area contributed by atoms with Crippen molar-refractivity contribution in [1.29, 1.82) is 0 Å². The third-order valence-corrected chi connectivity index (χ3v) is 5.26. The molecule has 3 aliphatic rings. The molecule has 0 spiro atoms. The maximum absolute atomic E-state index is 12.5. The molecule has 100 valence electrons. The van der Waals surface area contributed by atoms with Crippen LogP contribution in [-0.2, 0) is 4.79 Å². The third kappa shape index (κ3) is 1.99. The Labute approximate surface area is 109 Å². The third-order valence-electron chi connectivity index (χ3n) is 5.26. The van der Waals surface area contributed by atoms with Gasteiger partial charge in [0.1, 0.15) is 0 Å². The molecule has 2 fully saturated rings. The molecule has 0 aromatic rings. The fourth-order valence-corrected chi connectivity index (χ4v) is 3.72. The van der Waals surface area contributed by atoms with Crippen LogP contribution in [0.4, 0.5) is 0 Å². The number of aliphatic hydroxyl groups excluding tert-OH is 1. The lowest BCUT2D eigenvalue weighted by atomic mass is 9.80. The van der Waals surface area contributed by atoms with E-state index in [1.54, 1.807) is 0 Å². The van der Waals surface area contributed by atoms with Crippen molar-refractivity contribution in [2.45, 2.75) is 32.6 Å². The molecular weight excluding hydrogens is 226 g/mol. The number of carbonyl (C=O) groups is 1. The van der Waals surface area contributed by atoms with E-state index in [-0.39, 0.29) is 17.9 Å². The summed E-state index contributed by atoms with van der Waals surface area (Å²) >= 11 is 0. The first-order valence-corrected chi connectivity index (χ1v) is 7.19. The van der Waals surface area contributed by atoms with E-state index in [1.807, 2.05) is 4.90 Å². The molecule has 3 atom stereocenters. The van der Waals surface area contributed by atoms with Gasteiger partial charge in [0.2, 0.25) is 5.91 Å². The molecule has 0 radical (unpaired) electrons. The zero-order chi connectivity index (χ0) is 12.8. The molecule has 1 heterocycles. The van der Waals surface area contributed by atoms with E-state index >= 15 is 0 Å². The molecule has 3 unspecified atom stereocenters. The minimum absolute atomic E-state index is 0.0331. The number of aliphatic hydroxyl groups is 1. The number of likely N-dealkylation sites (tertiary alicyclic amines) is 1. The zero-order valence-electron chi connectivity index (χ0n) is 11.1. The van der Waals surface area contributed by atoms with Gasteiger partial charge in [-0.15, -0.1) is 0 Å². The second-order valence-corrected chi connectivity index (χ2v) is 6.68. The SMILES string of the molecule is CC1(CO)CCN(C(=O)C2CC3C=CC2C3)CC1. The fraction of sp³-hybridized carbons (Fsp3) is 0.800. The number of piperidine rings is 1. The fourth-order valence-electron chi connectivity index (χ4n) is 3.72. The van der Waals surface area contributed by atoms with Gasteiger partial charge in [0.05, 0.1) is 0 Å². The Morgan fingerprint density at radius 3 is 2.56 bits per heavy atom. The van der Waals surface area contributed by atoms with E-state index in [4.69, 9.17) is 0 Å². The van der Waals surface area contributed by atoms with Crippen molar-refractivity contribution in [3.63, 3.8) is 0 Å². The molecule has 1 saturated carbocycles.